The molecule has 0 radical (unpaired) electrons. The number of amides is 1. The van der Waals surface area contributed by atoms with E-state index >= 15 is 0 Å². The number of carbonyl (C=O) groups is 1. The Hall–Kier alpha value is -2.49. The first-order valence-corrected chi connectivity index (χ1v) is 6.93. The number of carbonyl (C=O) groups excluding carboxylic acids is 1. The van der Waals surface area contributed by atoms with Crippen molar-refractivity contribution in [2.45, 2.75) is 19.4 Å². The third-order valence-corrected chi connectivity index (χ3v) is 3.37. The summed E-state index contributed by atoms with van der Waals surface area (Å²) in [5, 5.41) is 15.3. The molecule has 1 atom stereocenters. The monoisotopic (exact) mass is 284 g/mol. The second-order valence-electron chi connectivity index (χ2n) is 5.00. The second-order valence-corrected chi connectivity index (χ2v) is 5.00. The van der Waals surface area contributed by atoms with E-state index in [1.165, 1.54) is 0 Å². The molecule has 0 aliphatic carbocycles. The molecule has 21 heavy (non-hydrogen) atoms. The van der Waals surface area contributed by atoms with Crippen molar-refractivity contribution in [2.75, 3.05) is 12.4 Å². The van der Waals surface area contributed by atoms with Gasteiger partial charge in [0.05, 0.1) is 6.42 Å². The molecule has 0 fully saturated rings. The number of hydrogen-bond donors (Lipinski definition) is 3. The van der Waals surface area contributed by atoms with Crippen LogP contribution in [-0.4, -0.2) is 18.1 Å². The van der Waals surface area contributed by atoms with Crippen molar-refractivity contribution in [1.29, 1.82) is 0 Å². The maximum absolute atomic E-state index is 11.3. The lowest BCUT2D eigenvalue weighted by Gasteiger charge is -2.16. The van der Waals surface area contributed by atoms with Gasteiger partial charge in [-0.05, 0) is 42.3 Å². The number of likely N-dealkylation sites (N-methyl/N-ethyl adjacent to an activating group) is 1. The van der Waals surface area contributed by atoms with Crippen LogP contribution in [0.4, 0.5) is 5.69 Å². The molecule has 4 heteroatoms. The zero-order chi connectivity index (χ0) is 15.2. The minimum absolute atomic E-state index is 0.00757. The molecule has 2 rings (SSSR count). The van der Waals surface area contributed by atoms with E-state index in [9.17, 15) is 9.90 Å². The predicted molar refractivity (Wildman–Crippen MR) is 84.4 cm³/mol. The summed E-state index contributed by atoms with van der Waals surface area (Å²) in [6.45, 7) is 2.06. The van der Waals surface area contributed by atoms with E-state index in [1.807, 2.05) is 36.4 Å². The molecule has 3 N–H and O–H groups in total. The minimum atomic E-state index is 0.00757. The van der Waals surface area contributed by atoms with Gasteiger partial charge in [0.15, 0.2) is 0 Å². The first-order chi connectivity index (χ1) is 10.1. The summed E-state index contributed by atoms with van der Waals surface area (Å²) in [7, 11) is 1.64. The first-order valence-electron chi connectivity index (χ1n) is 6.93. The highest BCUT2D eigenvalue weighted by Gasteiger charge is 2.06. The van der Waals surface area contributed by atoms with E-state index in [1.54, 1.807) is 19.2 Å². The van der Waals surface area contributed by atoms with Crippen molar-refractivity contribution < 1.29 is 9.90 Å². The Kier molecular flexibility index (Phi) is 4.82. The van der Waals surface area contributed by atoms with Gasteiger partial charge in [-0.1, -0.05) is 24.3 Å². The normalized spacial score (nSPS) is 11.7. The van der Waals surface area contributed by atoms with Crippen LogP contribution in [0.25, 0.3) is 0 Å². The van der Waals surface area contributed by atoms with Gasteiger partial charge in [0.25, 0.3) is 0 Å². The number of phenols is 1. The molecule has 1 amide bonds. The molecular formula is C17H20N2O2. The van der Waals surface area contributed by atoms with Gasteiger partial charge >= 0.3 is 0 Å². The molecule has 4 nitrogen and oxygen atoms in total. The molecule has 0 aliphatic rings. The quantitative estimate of drug-likeness (QED) is 0.791. The van der Waals surface area contributed by atoms with Crippen LogP contribution in [0.1, 0.15) is 24.1 Å². The van der Waals surface area contributed by atoms with E-state index in [4.69, 9.17) is 0 Å². The number of phenolic OH excluding ortho intramolecular Hbond substituents is 1. The highest BCUT2D eigenvalue weighted by molar-refractivity contribution is 5.78. The topological polar surface area (TPSA) is 61.4 Å². The van der Waals surface area contributed by atoms with Crippen LogP contribution >= 0.6 is 0 Å². The predicted octanol–water partition coefficient (Wildman–Crippen LogP) is 2.85. The lowest BCUT2D eigenvalue weighted by atomic mass is 10.1. The molecule has 0 heterocycles. The van der Waals surface area contributed by atoms with Gasteiger partial charge in [-0.15, -0.1) is 0 Å². The van der Waals surface area contributed by atoms with Crippen LogP contribution in [0.2, 0.25) is 0 Å². The summed E-state index contributed by atoms with van der Waals surface area (Å²) < 4.78 is 0. The molecular weight excluding hydrogens is 264 g/mol. The van der Waals surface area contributed by atoms with Gasteiger partial charge in [-0.25, -0.2) is 0 Å². The van der Waals surface area contributed by atoms with Crippen LogP contribution in [0.3, 0.4) is 0 Å². The number of benzene rings is 2. The van der Waals surface area contributed by atoms with Crippen LogP contribution in [0.5, 0.6) is 5.75 Å². The third kappa shape index (κ3) is 4.24. The summed E-state index contributed by atoms with van der Waals surface area (Å²) in [5.74, 6) is 0.276. The van der Waals surface area contributed by atoms with Crippen LogP contribution in [-0.2, 0) is 11.2 Å². The van der Waals surface area contributed by atoms with Crippen molar-refractivity contribution in [1.82, 2.24) is 5.32 Å². The minimum Gasteiger partial charge on any atom is -0.508 e. The van der Waals surface area contributed by atoms with Crippen molar-refractivity contribution in [3.8, 4) is 5.75 Å². The van der Waals surface area contributed by atoms with Gasteiger partial charge in [-0.3, -0.25) is 4.79 Å². The lowest BCUT2D eigenvalue weighted by Crippen LogP contribution is -2.19. The molecule has 0 saturated carbocycles. The van der Waals surface area contributed by atoms with E-state index < -0.39 is 0 Å². The molecule has 0 spiro atoms. The molecule has 2 aromatic carbocycles. The number of hydrogen-bond acceptors (Lipinski definition) is 3. The summed E-state index contributed by atoms with van der Waals surface area (Å²) in [6, 6.07) is 15.1. The molecule has 0 saturated heterocycles. The summed E-state index contributed by atoms with van der Waals surface area (Å²) in [4.78, 5) is 11.3. The number of rotatable bonds is 5. The van der Waals surface area contributed by atoms with Gasteiger partial charge < -0.3 is 15.7 Å². The van der Waals surface area contributed by atoms with Crippen LogP contribution in [0.15, 0.2) is 48.5 Å². The summed E-state index contributed by atoms with van der Waals surface area (Å²) in [5.41, 5.74) is 3.08. The highest BCUT2D eigenvalue weighted by Crippen LogP contribution is 2.21. The zero-order valence-electron chi connectivity index (χ0n) is 12.3. The molecule has 0 aromatic heterocycles. The highest BCUT2D eigenvalue weighted by atomic mass is 16.3. The smallest absolute Gasteiger partial charge is 0.224 e. The maximum atomic E-state index is 11.3. The van der Waals surface area contributed by atoms with E-state index in [-0.39, 0.29) is 17.7 Å². The molecule has 110 valence electrons. The Morgan fingerprint density at radius 2 is 1.71 bits per heavy atom. The van der Waals surface area contributed by atoms with Crippen LogP contribution < -0.4 is 10.6 Å². The Morgan fingerprint density at radius 3 is 2.29 bits per heavy atom. The molecule has 1 unspecified atom stereocenters. The standard InChI is InChI=1S/C17H20N2O2/c1-12(14-5-9-16(20)10-6-14)19-15-7-3-13(4-8-15)11-17(21)18-2/h3-10,12,19-20H,11H2,1-2H3,(H,18,21). The number of anilines is 1. The molecule has 2 aromatic rings. The molecule has 0 aliphatic heterocycles. The van der Waals surface area contributed by atoms with Crippen LogP contribution in [0, 0.1) is 0 Å². The fraction of sp³-hybridized carbons (Fsp3) is 0.235. The van der Waals surface area contributed by atoms with E-state index in [0.717, 1.165) is 16.8 Å². The number of nitrogens with one attached hydrogen (secondary N) is 2. The summed E-state index contributed by atoms with van der Waals surface area (Å²) in [6.07, 6.45) is 0.393. The summed E-state index contributed by atoms with van der Waals surface area (Å²) >= 11 is 0. The van der Waals surface area contributed by atoms with Gasteiger partial charge in [-0.2, -0.15) is 0 Å². The Balaban J connectivity index is 1.99. The number of aromatic hydroxyl groups is 1. The van der Waals surface area contributed by atoms with Gasteiger partial charge in [0.1, 0.15) is 5.75 Å². The van der Waals surface area contributed by atoms with Crippen molar-refractivity contribution >= 4 is 11.6 Å². The van der Waals surface area contributed by atoms with Gasteiger partial charge in [0, 0.05) is 18.8 Å². The van der Waals surface area contributed by atoms with Crippen molar-refractivity contribution in [3.63, 3.8) is 0 Å². The van der Waals surface area contributed by atoms with Gasteiger partial charge in [0.2, 0.25) is 5.91 Å². The SMILES string of the molecule is CNC(=O)Cc1ccc(NC(C)c2ccc(O)cc2)cc1. The van der Waals surface area contributed by atoms with E-state index in [2.05, 4.69) is 17.6 Å². The average Bonchev–Trinajstić information content (AvgIpc) is 2.49. The molecule has 0 bridgehead atoms. The first kappa shape index (κ1) is 14.9. The second kappa shape index (κ2) is 6.79. The zero-order valence-corrected chi connectivity index (χ0v) is 12.3. The van der Waals surface area contributed by atoms with Crippen molar-refractivity contribution in [3.05, 3.63) is 59.7 Å². The Bertz CT molecular complexity index is 591. The Labute approximate surface area is 124 Å². The third-order valence-electron chi connectivity index (χ3n) is 3.37. The fourth-order valence-electron chi connectivity index (χ4n) is 2.09. The average molecular weight is 284 g/mol. The van der Waals surface area contributed by atoms with Crippen molar-refractivity contribution in [2.24, 2.45) is 0 Å². The fourth-order valence-corrected chi connectivity index (χ4v) is 2.09. The maximum Gasteiger partial charge on any atom is 0.224 e. The largest absolute Gasteiger partial charge is 0.508 e. The Morgan fingerprint density at radius 1 is 1.10 bits per heavy atom. The van der Waals surface area contributed by atoms with E-state index in [0.29, 0.717) is 6.42 Å². The lowest BCUT2D eigenvalue weighted by molar-refractivity contribution is -0.119.